The van der Waals surface area contributed by atoms with Crippen molar-refractivity contribution in [1.29, 1.82) is 0 Å². The van der Waals surface area contributed by atoms with Crippen molar-refractivity contribution < 1.29 is 14.4 Å². The summed E-state index contributed by atoms with van der Waals surface area (Å²) in [6, 6.07) is -0.591. The summed E-state index contributed by atoms with van der Waals surface area (Å²) in [4.78, 5) is 44.1. The second-order valence-corrected chi connectivity index (χ2v) is 7.15. The van der Waals surface area contributed by atoms with Gasteiger partial charge in [0, 0.05) is 52.4 Å². The molecule has 25 heavy (non-hydrogen) atoms. The van der Waals surface area contributed by atoms with Crippen molar-refractivity contribution in [2.24, 2.45) is 0 Å². The Morgan fingerprint density at radius 1 is 1.00 bits per heavy atom. The van der Waals surface area contributed by atoms with Gasteiger partial charge in [0.25, 0.3) is 0 Å². The van der Waals surface area contributed by atoms with Gasteiger partial charge in [0.05, 0.1) is 12.6 Å². The van der Waals surface area contributed by atoms with Crippen LogP contribution in [0.3, 0.4) is 0 Å². The lowest BCUT2D eigenvalue weighted by Crippen LogP contribution is -2.56. The molecular formula is C17H29N5O3. The zero-order valence-corrected chi connectivity index (χ0v) is 15.1. The first-order valence-corrected chi connectivity index (χ1v) is 9.39. The highest BCUT2D eigenvalue weighted by atomic mass is 16.2. The van der Waals surface area contributed by atoms with Gasteiger partial charge in [-0.1, -0.05) is 0 Å². The van der Waals surface area contributed by atoms with Crippen LogP contribution in [0.25, 0.3) is 0 Å². The summed E-state index contributed by atoms with van der Waals surface area (Å²) >= 11 is 0. The number of carbonyl (C=O) groups excluding carboxylic acids is 3. The molecule has 0 aromatic heterocycles. The summed E-state index contributed by atoms with van der Waals surface area (Å²) in [5, 5.41) is 2.67. The number of piperazine rings is 1. The van der Waals surface area contributed by atoms with Crippen molar-refractivity contribution in [2.75, 3.05) is 58.9 Å². The molecule has 0 unspecified atom stereocenters. The van der Waals surface area contributed by atoms with Gasteiger partial charge in [0.1, 0.15) is 0 Å². The van der Waals surface area contributed by atoms with Gasteiger partial charge < -0.3 is 10.2 Å². The van der Waals surface area contributed by atoms with Crippen molar-refractivity contribution in [1.82, 2.24) is 24.9 Å². The number of rotatable bonds is 4. The van der Waals surface area contributed by atoms with E-state index in [4.69, 9.17) is 0 Å². The standard InChI is InChI=1S/C17H29N5O3/c1-14(16(24)22-8-5-18-17(22)25)20-11-9-19(10-12-20)13-15(23)21-6-3-2-4-7-21/h14H,2-13H2,1H3,(H,18,25)/t14-/m1/s1. The molecule has 3 saturated heterocycles. The van der Waals surface area contributed by atoms with Crippen molar-refractivity contribution in [3.05, 3.63) is 0 Å². The van der Waals surface area contributed by atoms with E-state index in [1.807, 2.05) is 11.8 Å². The Morgan fingerprint density at radius 2 is 1.68 bits per heavy atom. The summed E-state index contributed by atoms with van der Waals surface area (Å²) in [5.74, 6) is 0.0962. The SMILES string of the molecule is C[C@H](C(=O)N1CCNC1=O)N1CCN(CC(=O)N2CCCCC2)CC1. The first kappa shape index (κ1) is 18.1. The first-order chi connectivity index (χ1) is 12.1. The molecule has 0 aromatic carbocycles. The van der Waals surface area contributed by atoms with Crippen LogP contribution < -0.4 is 5.32 Å². The molecule has 3 aliphatic heterocycles. The fourth-order valence-electron chi connectivity index (χ4n) is 3.81. The molecule has 1 N–H and O–H groups in total. The van der Waals surface area contributed by atoms with Crippen LogP contribution in [0.4, 0.5) is 4.79 Å². The summed E-state index contributed by atoms with van der Waals surface area (Å²) in [6.07, 6.45) is 3.45. The van der Waals surface area contributed by atoms with E-state index in [0.717, 1.165) is 52.1 Å². The van der Waals surface area contributed by atoms with E-state index in [1.165, 1.54) is 11.3 Å². The third-order valence-corrected chi connectivity index (χ3v) is 5.50. The summed E-state index contributed by atoms with van der Waals surface area (Å²) in [5.41, 5.74) is 0. The van der Waals surface area contributed by atoms with E-state index >= 15 is 0 Å². The van der Waals surface area contributed by atoms with Crippen LogP contribution in [0, 0.1) is 0 Å². The number of likely N-dealkylation sites (tertiary alicyclic amines) is 1. The highest BCUT2D eigenvalue weighted by Crippen LogP contribution is 2.13. The minimum absolute atomic E-state index is 0.132. The van der Waals surface area contributed by atoms with E-state index in [0.29, 0.717) is 19.6 Å². The second-order valence-electron chi connectivity index (χ2n) is 7.15. The quantitative estimate of drug-likeness (QED) is 0.743. The predicted molar refractivity (Wildman–Crippen MR) is 93.0 cm³/mol. The molecule has 0 bridgehead atoms. The molecular weight excluding hydrogens is 322 g/mol. The Labute approximate surface area is 149 Å². The number of piperidine rings is 1. The van der Waals surface area contributed by atoms with Gasteiger partial charge in [-0.25, -0.2) is 4.79 Å². The first-order valence-electron chi connectivity index (χ1n) is 9.39. The van der Waals surface area contributed by atoms with Crippen LogP contribution in [0.5, 0.6) is 0 Å². The van der Waals surface area contributed by atoms with Gasteiger partial charge in [-0.3, -0.25) is 24.3 Å². The minimum Gasteiger partial charge on any atom is -0.342 e. The monoisotopic (exact) mass is 351 g/mol. The van der Waals surface area contributed by atoms with Gasteiger partial charge in [0.2, 0.25) is 11.8 Å². The van der Waals surface area contributed by atoms with Gasteiger partial charge in [-0.2, -0.15) is 0 Å². The lowest BCUT2D eigenvalue weighted by atomic mass is 10.1. The normalized spacial score (nSPS) is 24.3. The number of imide groups is 1. The predicted octanol–water partition coefficient (Wildman–Crippen LogP) is -0.443. The van der Waals surface area contributed by atoms with Crippen molar-refractivity contribution in [3.63, 3.8) is 0 Å². The maximum Gasteiger partial charge on any atom is 0.324 e. The Morgan fingerprint density at radius 3 is 2.28 bits per heavy atom. The lowest BCUT2D eigenvalue weighted by molar-refractivity contribution is -0.136. The van der Waals surface area contributed by atoms with Gasteiger partial charge >= 0.3 is 6.03 Å². The van der Waals surface area contributed by atoms with Crippen LogP contribution in [0.2, 0.25) is 0 Å². The Kier molecular flexibility index (Phi) is 5.90. The van der Waals surface area contributed by atoms with E-state index < -0.39 is 0 Å². The summed E-state index contributed by atoms with van der Waals surface area (Å²) in [7, 11) is 0. The molecule has 0 saturated carbocycles. The van der Waals surface area contributed by atoms with Crippen molar-refractivity contribution in [3.8, 4) is 0 Å². The smallest absolute Gasteiger partial charge is 0.324 e. The molecule has 3 fully saturated rings. The molecule has 3 rings (SSSR count). The third kappa shape index (κ3) is 4.30. The Hall–Kier alpha value is -1.67. The molecule has 0 spiro atoms. The number of urea groups is 1. The average Bonchev–Trinajstić information content (AvgIpc) is 3.08. The van der Waals surface area contributed by atoms with E-state index in [-0.39, 0.29) is 23.9 Å². The van der Waals surface area contributed by atoms with Crippen LogP contribution in [0.15, 0.2) is 0 Å². The fraction of sp³-hybridized carbons (Fsp3) is 0.824. The van der Waals surface area contributed by atoms with Gasteiger partial charge in [-0.15, -0.1) is 0 Å². The van der Waals surface area contributed by atoms with Gasteiger partial charge in [0.15, 0.2) is 0 Å². The highest BCUT2D eigenvalue weighted by molar-refractivity contribution is 5.98. The largest absolute Gasteiger partial charge is 0.342 e. The van der Waals surface area contributed by atoms with E-state index in [9.17, 15) is 14.4 Å². The molecule has 0 aliphatic carbocycles. The number of hydrogen-bond acceptors (Lipinski definition) is 5. The topological polar surface area (TPSA) is 76.2 Å². The zero-order valence-electron chi connectivity index (χ0n) is 15.1. The molecule has 3 heterocycles. The Bertz CT molecular complexity index is 512. The molecule has 0 radical (unpaired) electrons. The molecule has 3 aliphatic rings. The van der Waals surface area contributed by atoms with Crippen LogP contribution in [0.1, 0.15) is 26.2 Å². The number of nitrogens with zero attached hydrogens (tertiary/aromatic N) is 4. The molecule has 1 atom stereocenters. The van der Waals surface area contributed by atoms with Crippen LogP contribution in [-0.2, 0) is 9.59 Å². The number of carbonyl (C=O) groups is 3. The average molecular weight is 351 g/mol. The van der Waals surface area contributed by atoms with Crippen LogP contribution >= 0.6 is 0 Å². The summed E-state index contributed by atoms with van der Waals surface area (Å²) < 4.78 is 0. The molecule has 0 aromatic rings. The molecule has 4 amide bonds. The van der Waals surface area contributed by atoms with Gasteiger partial charge in [-0.05, 0) is 26.2 Å². The lowest BCUT2D eigenvalue weighted by Gasteiger charge is -2.38. The Balaban J connectivity index is 1.44. The molecule has 140 valence electrons. The van der Waals surface area contributed by atoms with Crippen LogP contribution in [-0.4, -0.2) is 102 Å². The number of nitrogens with one attached hydrogen (secondary N) is 1. The maximum absolute atomic E-state index is 12.5. The van der Waals surface area contributed by atoms with Crippen molar-refractivity contribution >= 4 is 17.8 Å². The van der Waals surface area contributed by atoms with E-state index in [1.54, 1.807) is 0 Å². The molecule has 8 nitrogen and oxygen atoms in total. The number of hydrogen-bond donors (Lipinski definition) is 1. The maximum atomic E-state index is 12.5. The van der Waals surface area contributed by atoms with E-state index in [2.05, 4.69) is 15.1 Å². The number of amides is 4. The summed E-state index contributed by atoms with van der Waals surface area (Å²) in [6.45, 7) is 8.16. The molecule has 8 heteroatoms. The highest BCUT2D eigenvalue weighted by Gasteiger charge is 2.34. The fourth-order valence-corrected chi connectivity index (χ4v) is 3.81. The van der Waals surface area contributed by atoms with Crippen molar-refractivity contribution in [2.45, 2.75) is 32.2 Å². The zero-order chi connectivity index (χ0) is 17.8. The third-order valence-electron chi connectivity index (χ3n) is 5.50. The second kappa shape index (κ2) is 8.14. The minimum atomic E-state index is -0.302.